The van der Waals surface area contributed by atoms with E-state index in [-0.39, 0.29) is 6.04 Å². The lowest BCUT2D eigenvalue weighted by atomic mass is 10.2. The van der Waals surface area contributed by atoms with Crippen molar-refractivity contribution in [3.05, 3.63) is 11.3 Å². The minimum atomic E-state index is -0.0501. The first-order chi connectivity index (χ1) is 9.08. The molecule has 0 N–H and O–H groups in total. The summed E-state index contributed by atoms with van der Waals surface area (Å²) in [6, 6.07) is 4.45. The van der Waals surface area contributed by atoms with Gasteiger partial charge < -0.3 is 4.90 Å². The molecule has 0 aliphatic carbocycles. The molecule has 0 spiro atoms. The zero-order chi connectivity index (χ0) is 14.0. The van der Waals surface area contributed by atoms with Gasteiger partial charge >= 0.3 is 0 Å². The Morgan fingerprint density at radius 3 is 2.37 bits per heavy atom. The van der Waals surface area contributed by atoms with Crippen molar-refractivity contribution in [2.75, 3.05) is 31.1 Å². The van der Waals surface area contributed by atoms with Crippen molar-refractivity contribution in [1.82, 2.24) is 14.7 Å². The SMILES string of the molecule is Cc1nn(C)c(N2CCN(C(C)C#N)CC2)c1C#N. The molecular weight excluding hydrogens is 240 g/mol. The lowest BCUT2D eigenvalue weighted by Crippen LogP contribution is -2.49. The number of nitriles is 2. The number of piperazine rings is 1. The van der Waals surface area contributed by atoms with Crippen molar-refractivity contribution < 1.29 is 0 Å². The van der Waals surface area contributed by atoms with Crippen molar-refractivity contribution in [2.24, 2.45) is 7.05 Å². The average Bonchev–Trinajstić information content (AvgIpc) is 2.72. The first kappa shape index (κ1) is 13.4. The molecule has 1 aliphatic heterocycles. The lowest BCUT2D eigenvalue weighted by molar-refractivity contribution is 0.230. The van der Waals surface area contributed by atoms with E-state index in [1.165, 1.54) is 0 Å². The highest BCUT2D eigenvalue weighted by Gasteiger charge is 2.25. The normalized spacial score (nSPS) is 17.8. The van der Waals surface area contributed by atoms with Gasteiger partial charge in [0, 0.05) is 33.2 Å². The number of aromatic nitrogens is 2. The predicted octanol–water partition coefficient (Wildman–Crippen LogP) is 0.634. The van der Waals surface area contributed by atoms with E-state index < -0.39 is 0 Å². The number of nitrogens with zero attached hydrogens (tertiary/aromatic N) is 6. The number of hydrogen-bond acceptors (Lipinski definition) is 5. The standard InChI is InChI=1S/C13H18N6/c1-10(8-14)18-4-6-19(7-5-18)13-12(9-15)11(2)16-17(13)3/h10H,4-7H2,1-3H3. The second-order valence-corrected chi connectivity index (χ2v) is 4.85. The smallest absolute Gasteiger partial charge is 0.145 e. The first-order valence-corrected chi connectivity index (χ1v) is 6.40. The summed E-state index contributed by atoms with van der Waals surface area (Å²) in [5.41, 5.74) is 1.43. The molecule has 1 aliphatic rings. The molecule has 1 saturated heterocycles. The van der Waals surface area contributed by atoms with E-state index in [1.807, 2.05) is 20.9 Å². The Bertz CT molecular complexity index is 539. The molecule has 0 saturated carbocycles. The number of anilines is 1. The summed E-state index contributed by atoms with van der Waals surface area (Å²) in [4.78, 5) is 4.34. The van der Waals surface area contributed by atoms with Crippen molar-refractivity contribution in [3.63, 3.8) is 0 Å². The van der Waals surface area contributed by atoms with E-state index in [0.717, 1.165) is 37.7 Å². The van der Waals surface area contributed by atoms with Gasteiger partial charge in [0.1, 0.15) is 17.5 Å². The van der Waals surface area contributed by atoms with Gasteiger partial charge in [0.05, 0.1) is 17.8 Å². The second-order valence-electron chi connectivity index (χ2n) is 4.85. The van der Waals surface area contributed by atoms with E-state index in [9.17, 15) is 5.26 Å². The van der Waals surface area contributed by atoms with E-state index in [2.05, 4.69) is 27.0 Å². The Labute approximate surface area is 113 Å². The van der Waals surface area contributed by atoms with Crippen LogP contribution in [0.3, 0.4) is 0 Å². The second kappa shape index (κ2) is 5.29. The van der Waals surface area contributed by atoms with Crippen LogP contribution in [0.1, 0.15) is 18.2 Å². The fourth-order valence-corrected chi connectivity index (χ4v) is 2.54. The summed E-state index contributed by atoms with van der Waals surface area (Å²) in [6.07, 6.45) is 0. The highest BCUT2D eigenvalue weighted by molar-refractivity contribution is 5.57. The molecule has 100 valence electrons. The van der Waals surface area contributed by atoms with Crippen LogP contribution < -0.4 is 4.90 Å². The van der Waals surface area contributed by atoms with Gasteiger partial charge in [0.2, 0.25) is 0 Å². The molecule has 6 heteroatoms. The van der Waals surface area contributed by atoms with E-state index in [4.69, 9.17) is 5.26 Å². The largest absolute Gasteiger partial charge is 0.353 e. The molecule has 6 nitrogen and oxygen atoms in total. The van der Waals surface area contributed by atoms with Crippen LogP contribution >= 0.6 is 0 Å². The first-order valence-electron chi connectivity index (χ1n) is 6.40. The highest BCUT2D eigenvalue weighted by atomic mass is 15.4. The molecule has 1 aromatic rings. The third kappa shape index (κ3) is 2.40. The van der Waals surface area contributed by atoms with E-state index >= 15 is 0 Å². The molecule has 1 atom stereocenters. The van der Waals surface area contributed by atoms with Crippen LogP contribution in [0.15, 0.2) is 0 Å². The fraction of sp³-hybridized carbons (Fsp3) is 0.615. The zero-order valence-corrected chi connectivity index (χ0v) is 11.6. The average molecular weight is 258 g/mol. The van der Waals surface area contributed by atoms with Gasteiger partial charge in [-0.25, -0.2) is 0 Å². The summed E-state index contributed by atoms with van der Waals surface area (Å²) < 4.78 is 1.78. The number of aryl methyl sites for hydroxylation is 2. The van der Waals surface area contributed by atoms with Gasteiger partial charge in [0.15, 0.2) is 0 Å². The number of rotatable bonds is 2. The van der Waals surface area contributed by atoms with Gasteiger partial charge in [-0.05, 0) is 13.8 Å². The summed E-state index contributed by atoms with van der Waals surface area (Å²) >= 11 is 0. The molecule has 1 unspecified atom stereocenters. The Kier molecular flexibility index (Phi) is 3.73. The van der Waals surface area contributed by atoms with Crippen LogP contribution in [0.25, 0.3) is 0 Å². The molecule has 1 aromatic heterocycles. The van der Waals surface area contributed by atoms with Crippen LogP contribution in [0.2, 0.25) is 0 Å². The molecule has 1 fully saturated rings. The third-order valence-corrected chi connectivity index (χ3v) is 3.65. The molecule has 0 radical (unpaired) electrons. The van der Waals surface area contributed by atoms with Gasteiger partial charge in [-0.15, -0.1) is 0 Å². The lowest BCUT2D eigenvalue weighted by Gasteiger charge is -2.36. The van der Waals surface area contributed by atoms with E-state index in [0.29, 0.717) is 5.56 Å². The van der Waals surface area contributed by atoms with Crippen LogP contribution in [0.5, 0.6) is 0 Å². The van der Waals surface area contributed by atoms with Crippen LogP contribution in [-0.2, 0) is 7.05 Å². The van der Waals surface area contributed by atoms with Crippen LogP contribution in [0, 0.1) is 29.6 Å². The fourth-order valence-electron chi connectivity index (χ4n) is 2.54. The zero-order valence-electron chi connectivity index (χ0n) is 11.6. The summed E-state index contributed by atoms with van der Waals surface area (Å²) in [5.74, 6) is 0.893. The molecule has 0 bridgehead atoms. The molecule has 0 aromatic carbocycles. The van der Waals surface area contributed by atoms with Gasteiger partial charge in [-0.2, -0.15) is 15.6 Å². The van der Waals surface area contributed by atoms with Crippen molar-refractivity contribution >= 4 is 5.82 Å². The highest BCUT2D eigenvalue weighted by Crippen LogP contribution is 2.23. The maximum atomic E-state index is 9.24. The predicted molar refractivity (Wildman–Crippen MR) is 71.5 cm³/mol. The summed E-state index contributed by atoms with van der Waals surface area (Å²) in [6.45, 7) is 7.09. The van der Waals surface area contributed by atoms with Gasteiger partial charge in [0.25, 0.3) is 0 Å². The van der Waals surface area contributed by atoms with Crippen LogP contribution in [0.4, 0.5) is 5.82 Å². The quantitative estimate of drug-likeness (QED) is 0.778. The third-order valence-electron chi connectivity index (χ3n) is 3.65. The topological polar surface area (TPSA) is 71.9 Å². The van der Waals surface area contributed by atoms with Gasteiger partial charge in [-0.3, -0.25) is 9.58 Å². The summed E-state index contributed by atoms with van der Waals surface area (Å²) in [5, 5.41) is 22.5. The maximum Gasteiger partial charge on any atom is 0.145 e. The maximum absolute atomic E-state index is 9.24. The van der Waals surface area contributed by atoms with Crippen molar-refractivity contribution in [1.29, 1.82) is 10.5 Å². The molecule has 2 rings (SSSR count). The van der Waals surface area contributed by atoms with Crippen molar-refractivity contribution in [3.8, 4) is 12.1 Å². The molecule has 2 heterocycles. The number of hydrogen-bond donors (Lipinski definition) is 0. The Morgan fingerprint density at radius 1 is 1.21 bits per heavy atom. The van der Waals surface area contributed by atoms with E-state index in [1.54, 1.807) is 4.68 Å². The van der Waals surface area contributed by atoms with Crippen LogP contribution in [-0.4, -0.2) is 46.9 Å². The molecule has 19 heavy (non-hydrogen) atoms. The van der Waals surface area contributed by atoms with Gasteiger partial charge in [-0.1, -0.05) is 0 Å². The monoisotopic (exact) mass is 258 g/mol. The molecular formula is C13H18N6. The minimum absolute atomic E-state index is 0.0501. The molecule has 0 amide bonds. The van der Waals surface area contributed by atoms with Crippen molar-refractivity contribution in [2.45, 2.75) is 19.9 Å². The Balaban J connectivity index is 2.15. The Morgan fingerprint density at radius 2 is 1.84 bits per heavy atom. The summed E-state index contributed by atoms with van der Waals surface area (Å²) in [7, 11) is 1.87. The minimum Gasteiger partial charge on any atom is -0.353 e. The Hall–Kier alpha value is -2.05.